The first-order chi connectivity index (χ1) is 11.1. The van der Waals surface area contributed by atoms with Gasteiger partial charge in [0, 0.05) is 11.6 Å². The molecule has 7 heteroatoms. The van der Waals surface area contributed by atoms with Crippen molar-refractivity contribution in [3.63, 3.8) is 0 Å². The molecule has 0 atom stereocenters. The molecule has 2 aromatic carbocycles. The molecule has 0 amide bonds. The van der Waals surface area contributed by atoms with Crippen LogP contribution < -0.4 is 18.9 Å². The molecule has 2 rings (SSSR count). The van der Waals surface area contributed by atoms with Gasteiger partial charge in [-0.05, 0) is 24.3 Å². The summed E-state index contributed by atoms with van der Waals surface area (Å²) in [5, 5.41) is 10.8. The van der Waals surface area contributed by atoms with Gasteiger partial charge in [0.25, 0.3) is 5.69 Å². The fourth-order valence-electron chi connectivity index (χ4n) is 2.04. The van der Waals surface area contributed by atoms with E-state index in [4.69, 9.17) is 18.9 Å². The maximum absolute atomic E-state index is 10.8. The highest BCUT2D eigenvalue weighted by Gasteiger charge is 2.13. The van der Waals surface area contributed by atoms with Crippen LogP contribution in [0.3, 0.4) is 0 Å². The predicted octanol–water partition coefficient (Wildman–Crippen LogP) is 3.20. The molecule has 0 spiro atoms. The number of hydrogen-bond donors (Lipinski definition) is 0. The van der Waals surface area contributed by atoms with Gasteiger partial charge in [-0.2, -0.15) is 0 Å². The Hall–Kier alpha value is -2.96. The normalized spacial score (nSPS) is 10.0. The third kappa shape index (κ3) is 3.82. The Morgan fingerprint density at radius 1 is 0.913 bits per heavy atom. The van der Waals surface area contributed by atoms with Crippen LogP contribution in [0.1, 0.15) is 5.56 Å². The second kappa shape index (κ2) is 7.35. The maximum Gasteiger partial charge on any atom is 0.273 e. The van der Waals surface area contributed by atoms with Crippen molar-refractivity contribution in [2.75, 3.05) is 21.3 Å². The first kappa shape index (κ1) is 16.4. The summed E-state index contributed by atoms with van der Waals surface area (Å²) >= 11 is 0. The van der Waals surface area contributed by atoms with Crippen LogP contribution in [0.15, 0.2) is 36.4 Å². The molecular formula is C16H17NO6. The van der Waals surface area contributed by atoms with Crippen molar-refractivity contribution in [2.45, 2.75) is 6.61 Å². The Morgan fingerprint density at radius 3 is 2.22 bits per heavy atom. The Kier molecular flexibility index (Phi) is 5.24. The highest BCUT2D eigenvalue weighted by atomic mass is 16.6. The molecule has 0 aliphatic carbocycles. The van der Waals surface area contributed by atoms with E-state index in [9.17, 15) is 10.1 Å². The SMILES string of the molecule is COc1ccc(OC)c(COc2ccc([N+](=O)[O-])cc2OC)c1. The number of benzene rings is 2. The van der Waals surface area contributed by atoms with Crippen LogP contribution in [-0.4, -0.2) is 26.3 Å². The van der Waals surface area contributed by atoms with Gasteiger partial charge in [-0.15, -0.1) is 0 Å². The van der Waals surface area contributed by atoms with Gasteiger partial charge in [0.15, 0.2) is 11.5 Å². The van der Waals surface area contributed by atoms with Crippen molar-refractivity contribution >= 4 is 5.69 Å². The molecule has 2 aromatic rings. The van der Waals surface area contributed by atoms with Crippen LogP contribution in [0.2, 0.25) is 0 Å². The fraction of sp³-hybridized carbons (Fsp3) is 0.250. The number of nitro groups is 1. The van der Waals surface area contributed by atoms with Crippen molar-refractivity contribution in [3.05, 3.63) is 52.1 Å². The predicted molar refractivity (Wildman–Crippen MR) is 83.5 cm³/mol. The molecule has 0 unspecified atom stereocenters. The first-order valence-electron chi connectivity index (χ1n) is 6.75. The summed E-state index contributed by atoms with van der Waals surface area (Å²) < 4.78 is 21.3. The monoisotopic (exact) mass is 319 g/mol. The van der Waals surface area contributed by atoms with Crippen molar-refractivity contribution < 1.29 is 23.9 Å². The zero-order chi connectivity index (χ0) is 16.8. The average Bonchev–Trinajstić information content (AvgIpc) is 2.59. The van der Waals surface area contributed by atoms with Crippen LogP contribution in [-0.2, 0) is 6.61 Å². The van der Waals surface area contributed by atoms with Gasteiger partial charge < -0.3 is 18.9 Å². The molecule has 0 saturated heterocycles. The molecule has 0 bridgehead atoms. The summed E-state index contributed by atoms with van der Waals surface area (Å²) in [5.74, 6) is 2.04. The quantitative estimate of drug-likeness (QED) is 0.576. The average molecular weight is 319 g/mol. The zero-order valence-electron chi connectivity index (χ0n) is 13.1. The van der Waals surface area contributed by atoms with E-state index in [1.807, 2.05) is 0 Å². The number of ether oxygens (including phenoxy) is 4. The lowest BCUT2D eigenvalue weighted by Gasteiger charge is -2.13. The lowest BCUT2D eigenvalue weighted by atomic mass is 10.2. The van der Waals surface area contributed by atoms with Crippen LogP contribution in [0.4, 0.5) is 5.69 Å². The Balaban J connectivity index is 2.22. The van der Waals surface area contributed by atoms with Gasteiger partial charge >= 0.3 is 0 Å². The molecule has 0 radical (unpaired) electrons. The fourth-order valence-corrected chi connectivity index (χ4v) is 2.04. The molecule has 7 nitrogen and oxygen atoms in total. The summed E-state index contributed by atoms with van der Waals surface area (Å²) in [4.78, 5) is 10.3. The van der Waals surface area contributed by atoms with E-state index in [1.54, 1.807) is 32.4 Å². The molecule has 122 valence electrons. The van der Waals surface area contributed by atoms with E-state index >= 15 is 0 Å². The lowest BCUT2D eigenvalue weighted by molar-refractivity contribution is -0.385. The third-order valence-corrected chi connectivity index (χ3v) is 3.23. The van der Waals surface area contributed by atoms with E-state index in [1.165, 1.54) is 25.3 Å². The van der Waals surface area contributed by atoms with Gasteiger partial charge in [0.1, 0.15) is 18.1 Å². The minimum atomic E-state index is -0.489. The van der Waals surface area contributed by atoms with E-state index in [-0.39, 0.29) is 12.3 Å². The number of hydrogen-bond acceptors (Lipinski definition) is 6. The second-order valence-corrected chi connectivity index (χ2v) is 4.56. The molecule has 0 N–H and O–H groups in total. The van der Waals surface area contributed by atoms with E-state index < -0.39 is 4.92 Å². The van der Waals surface area contributed by atoms with Crippen LogP contribution >= 0.6 is 0 Å². The summed E-state index contributed by atoms with van der Waals surface area (Å²) in [6.07, 6.45) is 0. The molecule has 0 aliphatic heterocycles. The number of nitro benzene ring substituents is 1. The van der Waals surface area contributed by atoms with Crippen molar-refractivity contribution in [2.24, 2.45) is 0 Å². The maximum atomic E-state index is 10.8. The number of methoxy groups -OCH3 is 3. The Bertz CT molecular complexity index is 701. The standard InChI is InChI=1S/C16H17NO6/c1-20-13-5-7-14(21-2)11(8-13)10-23-15-6-4-12(17(18)19)9-16(15)22-3/h4-9H,10H2,1-3H3. The van der Waals surface area contributed by atoms with Gasteiger partial charge in [0.05, 0.1) is 32.3 Å². The molecule has 0 saturated carbocycles. The van der Waals surface area contributed by atoms with E-state index in [0.29, 0.717) is 23.0 Å². The van der Waals surface area contributed by atoms with Crippen LogP contribution in [0.25, 0.3) is 0 Å². The highest BCUT2D eigenvalue weighted by molar-refractivity contribution is 5.49. The van der Waals surface area contributed by atoms with Crippen molar-refractivity contribution in [1.82, 2.24) is 0 Å². The van der Waals surface area contributed by atoms with E-state index in [0.717, 1.165) is 5.56 Å². The van der Waals surface area contributed by atoms with Crippen LogP contribution in [0, 0.1) is 10.1 Å². The molecule has 0 aliphatic rings. The minimum Gasteiger partial charge on any atom is -0.497 e. The molecular weight excluding hydrogens is 302 g/mol. The van der Waals surface area contributed by atoms with E-state index in [2.05, 4.69) is 0 Å². The summed E-state index contributed by atoms with van der Waals surface area (Å²) in [7, 11) is 4.57. The van der Waals surface area contributed by atoms with Crippen molar-refractivity contribution in [1.29, 1.82) is 0 Å². The summed E-state index contributed by atoms with van der Waals surface area (Å²) in [5.41, 5.74) is 0.723. The topological polar surface area (TPSA) is 80.1 Å². The number of nitrogens with zero attached hydrogens (tertiary/aromatic N) is 1. The third-order valence-electron chi connectivity index (χ3n) is 3.23. The zero-order valence-corrected chi connectivity index (χ0v) is 13.1. The van der Waals surface area contributed by atoms with Crippen LogP contribution in [0.5, 0.6) is 23.0 Å². The summed E-state index contributed by atoms with van der Waals surface area (Å²) in [6.45, 7) is 0.203. The first-order valence-corrected chi connectivity index (χ1v) is 6.75. The largest absolute Gasteiger partial charge is 0.497 e. The minimum absolute atomic E-state index is 0.0619. The summed E-state index contributed by atoms with van der Waals surface area (Å²) in [6, 6.07) is 9.55. The van der Waals surface area contributed by atoms with Gasteiger partial charge in [0.2, 0.25) is 0 Å². The van der Waals surface area contributed by atoms with Gasteiger partial charge in [-0.3, -0.25) is 10.1 Å². The Labute approximate surface area is 133 Å². The number of non-ortho nitro benzene ring substituents is 1. The molecule has 0 aromatic heterocycles. The molecule has 23 heavy (non-hydrogen) atoms. The lowest BCUT2D eigenvalue weighted by Crippen LogP contribution is -2.01. The molecule has 0 heterocycles. The smallest absolute Gasteiger partial charge is 0.273 e. The highest BCUT2D eigenvalue weighted by Crippen LogP contribution is 2.33. The van der Waals surface area contributed by atoms with Gasteiger partial charge in [-0.1, -0.05) is 0 Å². The second-order valence-electron chi connectivity index (χ2n) is 4.56. The number of rotatable bonds is 7. The molecule has 0 fully saturated rings. The van der Waals surface area contributed by atoms with Gasteiger partial charge in [-0.25, -0.2) is 0 Å². The Morgan fingerprint density at radius 2 is 1.61 bits per heavy atom. The van der Waals surface area contributed by atoms with Crippen molar-refractivity contribution in [3.8, 4) is 23.0 Å².